The lowest BCUT2D eigenvalue weighted by atomic mass is 9.97. The minimum atomic E-state index is -0.0174. The SMILES string of the molecule is CC(C)(C)C(=S)OC1CCN(C(C)(C)C)CC1. The molecule has 0 amide bonds. The monoisotopic (exact) mass is 257 g/mol. The van der Waals surface area contributed by atoms with E-state index in [2.05, 4.69) is 46.4 Å². The molecule has 3 heteroatoms. The van der Waals surface area contributed by atoms with Gasteiger partial charge in [-0.15, -0.1) is 0 Å². The molecule has 0 aliphatic carbocycles. The van der Waals surface area contributed by atoms with Gasteiger partial charge in [-0.05, 0) is 45.8 Å². The summed E-state index contributed by atoms with van der Waals surface area (Å²) in [4.78, 5) is 2.52. The second-order valence-corrected chi connectivity index (χ2v) is 7.38. The highest BCUT2D eigenvalue weighted by Gasteiger charge is 2.29. The first-order chi connectivity index (χ1) is 7.60. The Bertz CT molecular complexity index is 267. The van der Waals surface area contributed by atoms with E-state index in [1.54, 1.807) is 0 Å². The Morgan fingerprint density at radius 1 is 1.06 bits per heavy atom. The molecule has 0 aromatic heterocycles. The number of thiocarbonyl (C=S) groups is 1. The molecule has 2 nitrogen and oxygen atoms in total. The molecule has 1 aliphatic heterocycles. The van der Waals surface area contributed by atoms with Crippen LogP contribution in [0.2, 0.25) is 0 Å². The summed E-state index contributed by atoms with van der Waals surface area (Å²) in [6.07, 6.45) is 2.50. The van der Waals surface area contributed by atoms with Gasteiger partial charge in [-0.1, -0.05) is 20.8 Å². The van der Waals surface area contributed by atoms with Gasteiger partial charge < -0.3 is 4.74 Å². The zero-order valence-electron chi connectivity index (χ0n) is 12.2. The van der Waals surface area contributed by atoms with E-state index < -0.39 is 0 Å². The van der Waals surface area contributed by atoms with Crippen molar-refractivity contribution < 1.29 is 4.74 Å². The summed E-state index contributed by atoms with van der Waals surface area (Å²) in [5, 5.41) is 0.756. The molecule has 100 valence electrons. The summed E-state index contributed by atoms with van der Waals surface area (Å²) in [5.41, 5.74) is 0.256. The smallest absolute Gasteiger partial charge is 0.165 e. The van der Waals surface area contributed by atoms with Gasteiger partial charge in [-0.25, -0.2) is 0 Å². The number of nitrogens with zero attached hydrogens (tertiary/aromatic N) is 1. The Morgan fingerprint density at radius 2 is 1.53 bits per heavy atom. The maximum absolute atomic E-state index is 5.92. The van der Waals surface area contributed by atoms with Crippen LogP contribution in [0.3, 0.4) is 0 Å². The summed E-state index contributed by atoms with van der Waals surface area (Å²) < 4.78 is 5.92. The molecule has 1 saturated heterocycles. The second kappa shape index (κ2) is 5.23. The molecule has 0 atom stereocenters. The zero-order valence-corrected chi connectivity index (χ0v) is 13.0. The molecule has 0 N–H and O–H groups in total. The molecular formula is C14H27NOS. The van der Waals surface area contributed by atoms with Gasteiger partial charge in [0.25, 0.3) is 0 Å². The Kier molecular flexibility index (Phi) is 4.59. The fourth-order valence-electron chi connectivity index (χ4n) is 1.97. The lowest BCUT2D eigenvalue weighted by molar-refractivity contribution is 0.0406. The van der Waals surface area contributed by atoms with Crippen molar-refractivity contribution >= 4 is 17.3 Å². The van der Waals surface area contributed by atoms with Gasteiger partial charge >= 0.3 is 0 Å². The maximum Gasteiger partial charge on any atom is 0.165 e. The van der Waals surface area contributed by atoms with Crippen molar-refractivity contribution in [3.8, 4) is 0 Å². The van der Waals surface area contributed by atoms with Crippen LogP contribution in [0.1, 0.15) is 54.4 Å². The first-order valence-electron chi connectivity index (χ1n) is 6.57. The largest absolute Gasteiger partial charge is 0.483 e. The van der Waals surface area contributed by atoms with E-state index in [1.165, 1.54) is 0 Å². The normalized spacial score (nSPS) is 20.4. The van der Waals surface area contributed by atoms with E-state index in [4.69, 9.17) is 17.0 Å². The Labute approximate surface area is 112 Å². The Balaban J connectivity index is 2.41. The minimum absolute atomic E-state index is 0.0174. The number of hydrogen-bond acceptors (Lipinski definition) is 3. The molecule has 0 aromatic carbocycles. The van der Waals surface area contributed by atoms with Crippen LogP contribution in [-0.4, -0.2) is 34.7 Å². The van der Waals surface area contributed by atoms with Crippen molar-refractivity contribution in [1.29, 1.82) is 0 Å². The fraction of sp³-hybridized carbons (Fsp3) is 0.929. The van der Waals surface area contributed by atoms with Crippen LogP contribution < -0.4 is 0 Å². The molecule has 0 spiro atoms. The van der Waals surface area contributed by atoms with Gasteiger partial charge in [0.15, 0.2) is 5.05 Å². The second-order valence-electron chi connectivity index (χ2n) is 7.01. The fourth-order valence-corrected chi connectivity index (χ4v) is 2.11. The molecular weight excluding hydrogens is 230 g/mol. The number of ether oxygens (including phenoxy) is 1. The molecule has 1 fully saturated rings. The van der Waals surface area contributed by atoms with E-state index in [9.17, 15) is 0 Å². The topological polar surface area (TPSA) is 12.5 Å². The molecule has 1 rings (SSSR count). The van der Waals surface area contributed by atoms with Crippen LogP contribution in [0.15, 0.2) is 0 Å². The van der Waals surface area contributed by atoms with E-state index >= 15 is 0 Å². The zero-order chi connectivity index (χ0) is 13.3. The van der Waals surface area contributed by atoms with Crippen LogP contribution in [0.5, 0.6) is 0 Å². The molecule has 0 bridgehead atoms. The van der Waals surface area contributed by atoms with Gasteiger partial charge in [-0.2, -0.15) is 0 Å². The van der Waals surface area contributed by atoms with Crippen molar-refractivity contribution in [2.75, 3.05) is 13.1 Å². The van der Waals surface area contributed by atoms with E-state index in [-0.39, 0.29) is 11.0 Å². The van der Waals surface area contributed by atoms with Gasteiger partial charge in [0.05, 0.1) is 0 Å². The quantitative estimate of drug-likeness (QED) is 0.666. The van der Waals surface area contributed by atoms with Gasteiger partial charge in [0, 0.05) is 24.0 Å². The predicted molar refractivity (Wildman–Crippen MR) is 77.5 cm³/mol. The lowest BCUT2D eigenvalue weighted by Crippen LogP contribution is -2.48. The number of piperidine rings is 1. The number of hydrogen-bond donors (Lipinski definition) is 0. The average molecular weight is 257 g/mol. The Morgan fingerprint density at radius 3 is 1.88 bits per heavy atom. The van der Waals surface area contributed by atoms with E-state index in [1.807, 2.05) is 0 Å². The minimum Gasteiger partial charge on any atom is -0.483 e. The van der Waals surface area contributed by atoms with Crippen LogP contribution in [-0.2, 0) is 4.74 Å². The highest BCUT2D eigenvalue weighted by atomic mass is 32.1. The van der Waals surface area contributed by atoms with Crippen molar-refractivity contribution in [3.05, 3.63) is 0 Å². The standard InChI is InChI=1S/C14H27NOS/c1-13(2,3)12(17)16-11-7-9-15(10-8-11)14(4,5)6/h11H,7-10H2,1-6H3. The third-order valence-corrected chi connectivity index (χ3v) is 3.99. The average Bonchev–Trinajstić information content (AvgIpc) is 2.15. The van der Waals surface area contributed by atoms with Gasteiger partial charge in [0.1, 0.15) is 6.10 Å². The molecule has 17 heavy (non-hydrogen) atoms. The van der Waals surface area contributed by atoms with Crippen LogP contribution >= 0.6 is 12.2 Å². The van der Waals surface area contributed by atoms with Gasteiger partial charge in [0.2, 0.25) is 0 Å². The molecule has 1 aliphatic rings. The van der Waals surface area contributed by atoms with Crippen LogP contribution in [0, 0.1) is 5.41 Å². The predicted octanol–water partition coefficient (Wildman–Crippen LogP) is 3.64. The maximum atomic E-state index is 5.92. The molecule has 0 aromatic rings. The van der Waals surface area contributed by atoms with Crippen LogP contribution in [0.25, 0.3) is 0 Å². The number of likely N-dealkylation sites (tertiary alicyclic amines) is 1. The van der Waals surface area contributed by atoms with E-state index in [0.717, 1.165) is 31.0 Å². The first-order valence-corrected chi connectivity index (χ1v) is 6.97. The van der Waals surface area contributed by atoms with Gasteiger partial charge in [-0.3, -0.25) is 4.90 Å². The highest BCUT2D eigenvalue weighted by molar-refractivity contribution is 7.80. The third kappa shape index (κ3) is 4.55. The molecule has 1 heterocycles. The first kappa shape index (κ1) is 14.9. The van der Waals surface area contributed by atoms with Crippen LogP contribution in [0.4, 0.5) is 0 Å². The summed E-state index contributed by atoms with van der Waals surface area (Å²) in [7, 11) is 0. The Hall–Kier alpha value is -0.150. The summed E-state index contributed by atoms with van der Waals surface area (Å²) in [6, 6.07) is 0. The van der Waals surface area contributed by atoms with Crippen molar-refractivity contribution in [1.82, 2.24) is 4.90 Å². The molecule has 0 unspecified atom stereocenters. The van der Waals surface area contributed by atoms with Crippen molar-refractivity contribution in [2.45, 2.75) is 66.0 Å². The summed E-state index contributed by atoms with van der Waals surface area (Å²) in [6.45, 7) is 15.4. The third-order valence-electron chi connectivity index (χ3n) is 3.28. The molecule has 0 saturated carbocycles. The van der Waals surface area contributed by atoms with Crippen molar-refractivity contribution in [2.24, 2.45) is 5.41 Å². The molecule has 0 radical (unpaired) electrons. The number of rotatable bonds is 1. The highest BCUT2D eigenvalue weighted by Crippen LogP contribution is 2.25. The lowest BCUT2D eigenvalue weighted by Gasteiger charge is -2.41. The van der Waals surface area contributed by atoms with Crippen molar-refractivity contribution in [3.63, 3.8) is 0 Å². The van der Waals surface area contributed by atoms with E-state index in [0.29, 0.717) is 6.10 Å². The summed E-state index contributed by atoms with van der Waals surface area (Å²) in [5.74, 6) is 0. The summed E-state index contributed by atoms with van der Waals surface area (Å²) >= 11 is 5.34.